The van der Waals surface area contributed by atoms with Gasteiger partial charge in [-0.05, 0) is 24.8 Å². The third-order valence-corrected chi connectivity index (χ3v) is 3.74. The molecule has 0 spiro atoms. The number of rotatable bonds is 7. The van der Waals surface area contributed by atoms with Crippen molar-refractivity contribution in [2.45, 2.75) is 45.2 Å². The molecule has 2 N–H and O–H groups in total. The fraction of sp³-hybridized carbons (Fsp3) is 0.562. The van der Waals surface area contributed by atoms with Crippen LogP contribution in [0.3, 0.4) is 0 Å². The average molecular weight is 260 g/mol. The summed E-state index contributed by atoms with van der Waals surface area (Å²) in [6, 6.07) is 10.7. The highest BCUT2D eigenvalue weighted by atomic mass is 16.2. The zero-order valence-electron chi connectivity index (χ0n) is 11.7. The Bertz CT molecular complexity index is 400. The molecule has 1 aromatic carbocycles. The number of carbonyl (C=O) groups is 1. The lowest BCUT2D eigenvalue weighted by molar-refractivity contribution is -0.136. The van der Waals surface area contributed by atoms with Crippen molar-refractivity contribution in [1.29, 1.82) is 0 Å². The molecule has 3 nitrogen and oxygen atoms in total. The highest BCUT2D eigenvalue weighted by Gasteiger charge is 2.34. The van der Waals surface area contributed by atoms with E-state index in [9.17, 15) is 4.79 Å². The minimum absolute atomic E-state index is 0.00527. The second-order valence-electron chi connectivity index (χ2n) is 5.40. The predicted octanol–water partition coefficient (Wildman–Crippen LogP) is 2.55. The second kappa shape index (κ2) is 6.71. The zero-order chi connectivity index (χ0) is 13.7. The maximum absolute atomic E-state index is 12.6. The van der Waals surface area contributed by atoms with Crippen molar-refractivity contribution in [2.24, 2.45) is 11.7 Å². The molecule has 104 valence electrons. The van der Waals surface area contributed by atoms with Crippen molar-refractivity contribution in [3.63, 3.8) is 0 Å². The molecule has 1 unspecified atom stereocenters. The first-order valence-electron chi connectivity index (χ1n) is 7.30. The van der Waals surface area contributed by atoms with Crippen LogP contribution < -0.4 is 5.73 Å². The normalized spacial score (nSPS) is 16.1. The molecule has 1 fully saturated rings. The number of hydrogen-bond donors (Lipinski definition) is 1. The van der Waals surface area contributed by atoms with E-state index in [1.165, 1.54) is 5.56 Å². The van der Waals surface area contributed by atoms with E-state index >= 15 is 0 Å². The van der Waals surface area contributed by atoms with Crippen LogP contribution in [0.2, 0.25) is 0 Å². The molecule has 0 heterocycles. The van der Waals surface area contributed by atoms with E-state index in [1.54, 1.807) is 0 Å². The molecule has 1 saturated carbocycles. The van der Waals surface area contributed by atoms with E-state index in [4.69, 9.17) is 5.73 Å². The molecular formula is C16H24N2O. The lowest BCUT2D eigenvalue weighted by Gasteiger charge is -2.27. The molecule has 1 amide bonds. The predicted molar refractivity (Wildman–Crippen MR) is 77.5 cm³/mol. The number of amides is 1. The van der Waals surface area contributed by atoms with E-state index in [0.717, 1.165) is 32.2 Å². The van der Waals surface area contributed by atoms with Crippen LogP contribution in [0, 0.1) is 5.92 Å². The summed E-state index contributed by atoms with van der Waals surface area (Å²) in [5.74, 6) is 0.241. The van der Waals surface area contributed by atoms with Crippen molar-refractivity contribution >= 4 is 5.91 Å². The fourth-order valence-corrected chi connectivity index (χ4v) is 2.48. The van der Waals surface area contributed by atoms with Crippen LogP contribution in [-0.4, -0.2) is 23.4 Å². The Morgan fingerprint density at radius 1 is 1.37 bits per heavy atom. The second-order valence-corrected chi connectivity index (χ2v) is 5.40. The largest absolute Gasteiger partial charge is 0.335 e. The Morgan fingerprint density at radius 2 is 2.05 bits per heavy atom. The van der Waals surface area contributed by atoms with Gasteiger partial charge in [-0.25, -0.2) is 0 Å². The van der Waals surface area contributed by atoms with Gasteiger partial charge in [-0.15, -0.1) is 0 Å². The fourth-order valence-electron chi connectivity index (χ4n) is 2.48. The van der Waals surface area contributed by atoms with Gasteiger partial charge in [0, 0.05) is 19.1 Å². The summed E-state index contributed by atoms with van der Waals surface area (Å²) < 4.78 is 0. The van der Waals surface area contributed by atoms with Gasteiger partial charge in [-0.1, -0.05) is 43.7 Å². The summed E-state index contributed by atoms with van der Waals surface area (Å²) in [4.78, 5) is 14.6. The number of carbonyl (C=O) groups excluding carboxylic acids is 1. The lowest BCUT2D eigenvalue weighted by atomic mass is 10.0. The monoisotopic (exact) mass is 260 g/mol. The lowest BCUT2D eigenvalue weighted by Crippen LogP contribution is -2.40. The number of nitrogens with zero attached hydrogens (tertiary/aromatic N) is 1. The molecule has 0 radical (unpaired) electrons. The Balaban J connectivity index is 2.05. The van der Waals surface area contributed by atoms with Gasteiger partial charge in [0.1, 0.15) is 0 Å². The molecule has 0 aromatic heterocycles. The zero-order valence-corrected chi connectivity index (χ0v) is 11.7. The molecule has 1 aliphatic carbocycles. The van der Waals surface area contributed by atoms with Gasteiger partial charge in [-0.3, -0.25) is 4.79 Å². The summed E-state index contributed by atoms with van der Waals surface area (Å²) in [6.07, 6.45) is 4.19. The SMILES string of the molecule is CCCC(CN)C(=O)N(Cc1ccccc1)C1CC1. The summed E-state index contributed by atoms with van der Waals surface area (Å²) in [5, 5.41) is 0. The Labute approximate surface area is 115 Å². The van der Waals surface area contributed by atoms with E-state index in [2.05, 4.69) is 19.1 Å². The number of hydrogen-bond acceptors (Lipinski definition) is 2. The van der Waals surface area contributed by atoms with Crippen LogP contribution in [0.1, 0.15) is 38.2 Å². The van der Waals surface area contributed by atoms with E-state index in [-0.39, 0.29) is 11.8 Å². The number of benzene rings is 1. The Morgan fingerprint density at radius 3 is 2.58 bits per heavy atom. The smallest absolute Gasteiger partial charge is 0.227 e. The van der Waals surface area contributed by atoms with E-state index < -0.39 is 0 Å². The summed E-state index contributed by atoms with van der Waals surface area (Å²) in [6.45, 7) is 3.30. The van der Waals surface area contributed by atoms with Gasteiger partial charge in [-0.2, -0.15) is 0 Å². The van der Waals surface area contributed by atoms with Crippen molar-refractivity contribution in [3.8, 4) is 0 Å². The molecule has 2 rings (SSSR count). The highest BCUT2D eigenvalue weighted by Crippen LogP contribution is 2.30. The molecule has 1 atom stereocenters. The molecule has 3 heteroatoms. The maximum atomic E-state index is 12.6. The Hall–Kier alpha value is -1.35. The minimum atomic E-state index is -0.00527. The van der Waals surface area contributed by atoms with Crippen LogP contribution in [0.4, 0.5) is 0 Å². The van der Waals surface area contributed by atoms with Crippen LogP contribution >= 0.6 is 0 Å². The van der Waals surface area contributed by atoms with Gasteiger partial charge in [0.2, 0.25) is 5.91 Å². The molecular weight excluding hydrogens is 236 g/mol. The highest BCUT2D eigenvalue weighted by molar-refractivity contribution is 5.79. The van der Waals surface area contributed by atoms with Crippen LogP contribution in [0.5, 0.6) is 0 Å². The standard InChI is InChI=1S/C16H24N2O/c1-2-6-14(11-17)16(19)18(15-9-10-15)12-13-7-4-3-5-8-13/h3-5,7-8,14-15H,2,6,9-12,17H2,1H3. The minimum Gasteiger partial charge on any atom is -0.335 e. The molecule has 0 bridgehead atoms. The molecule has 0 saturated heterocycles. The summed E-state index contributed by atoms with van der Waals surface area (Å²) >= 11 is 0. The van der Waals surface area contributed by atoms with Crippen LogP contribution in [0.15, 0.2) is 30.3 Å². The summed E-state index contributed by atoms with van der Waals surface area (Å²) in [5.41, 5.74) is 6.97. The maximum Gasteiger partial charge on any atom is 0.227 e. The Kier molecular flexibility index (Phi) is 4.97. The van der Waals surface area contributed by atoms with Crippen molar-refractivity contribution in [2.75, 3.05) is 6.54 Å². The topological polar surface area (TPSA) is 46.3 Å². The van der Waals surface area contributed by atoms with Crippen LogP contribution in [0.25, 0.3) is 0 Å². The quantitative estimate of drug-likeness (QED) is 0.819. The molecule has 19 heavy (non-hydrogen) atoms. The van der Waals surface area contributed by atoms with Crippen molar-refractivity contribution in [1.82, 2.24) is 4.90 Å². The molecule has 1 aromatic rings. The first-order chi connectivity index (χ1) is 9.26. The van der Waals surface area contributed by atoms with Gasteiger partial charge in [0.15, 0.2) is 0 Å². The average Bonchev–Trinajstić information content (AvgIpc) is 3.27. The van der Waals surface area contributed by atoms with Gasteiger partial charge in [0.25, 0.3) is 0 Å². The van der Waals surface area contributed by atoms with Gasteiger partial charge in [0.05, 0.1) is 5.92 Å². The van der Waals surface area contributed by atoms with Gasteiger partial charge >= 0.3 is 0 Å². The number of nitrogens with two attached hydrogens (primary N) is 1. The third-order valence-electron chi connectivity index (χ3n) is 3.74. The van der Waals surface area contributed by atoms with Crippen molar-refractivity contribution < 1.29 is 4.79 Å². The molecule has 1 aliphatic rings. The van der Waals surface area contributed by atoms with E-state index in [0.29, 0.717) is 12.6 Å². The van der Waals surface area contributed by atoms with E-state index in [1.807, 2.05) is 23.1 Å². The third kappa shape index (κ3) is 3.80. The molecule has 0 aliphatic heterocycles. The first-order valence-corrected chi connectivity index (χ1v) is 7.30. The van der Waals surface area contributed by atoms with Crippen LogP contribution in [-0.2, 0) is 11.3 Å². The first kappa shape index (κ1) is 14.1. The van der Waals surface area contributed by atoms with Gasteiger partial charge < -0.3 is 10.6 Å². The van der Waals surface area contributed by atoms with Crippen molar-refractivity contribution in [3.05, 3.63) is 35.9 Å². The summed E-state index contributed by atoms with van der Waals surface area (Å²) in [7, 11) is 0.